The lowest BCUT2D eigenvalue weighted by Crippen LogP contribution is -2.50. The zero-order chi connectivity index (χ0) is 20.2. The lowest BCUT2D eigenvalue weighted by atomic mass is 10.1. The number of carbonyl (C=O) groups excluding carboxylic acids is 2. The second-order valence-corrected chi connectivity index (χ2v) is 6.83. The van der Waals surface area contributed by atoms with E-state index in [1.54, 1.807) is 41.0 Å². The summed E-state index contributed by atoms with van der Waals surface area (Å²) < 4.78 is 6.57. The summed E-state index contributed by atoms with van der Waals surface area (Å²) in [4.78, 5) is 32.6. The Balaban J connectivity index is 1.27. The SMILES string of the molecule is Cc1cc(NC(=O)CN2CCN(C(=O)c3ccc(-n4cncn4)cc3)CC2)no1. The van der Waals surface area contributed by atoms with Crippen LogP contribution in [0.5, 0.6) is 0 Å². The first kappa shape index (κ1) is 18.8. The molecule has 1 aliphatic rings. The third-order valence-corrected chi connectivity index (χ3v) is 4.72. The number of aryl methyl sites for hydroxylation is 1. The summed E-state index contributed by atoms with van der Waals surface area (Å²) in [5.41, 5.74) is 1.47. The number of rotatable bonds is 5. The number of benzene rings is 1. The first-order chi connectivity index (χ1) is 14.1. The number of hydrogen-bond acceptors (Lipinski definition) is 7. The Morgan fingerprint density at radius 3 is 2.52 bits per heavy atom. The molecule has 0 unspecified atom stereocenters. The molecule has 1 fully saturated rings. The molecule has 150 valence electrons. The summed E-state index contributed by atoms with van der Waals surface area (Å²) in [7, 11) is 0. The number of nitrogens with one attached hydrogen (secondary N) is 1. The van der Waals surface area contributed by atoms with Gasteiger partial charge in [0.25, 0.3) is 5.91 Å². The van der Waals surface area contributed by atoms with Crippen LogP contribution in [0.15, 0.2) is 47.5 Å². The van der Waals surface area contributed by atoms with Crippen LogP contribution in [0.1, 0.15) is 16.1 Å². The summed E-state index contributed by atoms with van der Waals surface area (Å²) >= 11 is 0. The largest absolute Gasteiger partial charge is 0.360 e. The van der Waals surface area contributed by atoms with Crippen molar-refractivity contribution >= 4 is 17.6 Å². The Morgan fingerprint density at radius 2 is 1.90 bits per heavy atom. The van der Waals surface area contributed by atoms with Gasteiger partial charge in [-0.05, 0) is 31.2 Å². The van der Waals surface area contributed by atoms with Gasteiger partial charge in [0, 0.05) is 37.8 Å². The van der Waals surface area contributed by atoms with E-state index in [0.29, 0.717) is 43.3 Å². The standard InChI is InChI=1S/C19H21N7O3/c1-14-10-17(23-29-14)22-18(27)11-24-6-8-25(9-7-24)19(28)15-2-4-16(5-3-15)26-13-20-12-21-26/h2-5,10,12-13H,6-9,11H2,1H3,(H,22,23,27). The molecule has 3 heterocycles. The summed E-state index contributed by atoms with van der Waals surface area (Å²) in [5, 5.41) is 10.5. The molecule has 1 N–H and O–H groups in total. The molecule has 1 saturated heterocycles. The van der Waals surface area contributed by atoms with E-state index in [-0.39, 0.29) is 18.4 Å². The maximum absolute atomic E-state index is 12.7. The number of aromatic nitrogens is 4. The fourth-order valence-electron chi connectivity index (χ4n) is 3.20. The highest BCUT2D eigenvalue weighted by Gasteiger charge is 2.23. The van der Waals surface area contributed by atoms with Crippen molar-refractivity contribution in [2.75, 3.05) is 38.0 Å². The number of hydrogen-bond donors (Lipinski definition) is 1. The Morgan fingerprint density at radius 1 is 1.14 bits per heavy atom. The minimum Gasteiger partial charge on any atom is -0.360 e. The molecule has 1 aliphatic heterocycles. The van der Waals surface area contributed by atoms with Crippen LogP contribution in [0.25, 0.3) is 5.69 Å². The van der Waals surface area contributed by atoms with Crippen molar-refractivity contribution < 1.29 is 14.1 Å². The molecule has 4 rings (SSSR count). The molecule has 10 heteroatoms. The predicted octanol–water partition coefficient (Wildman–Crippen LogP) is 0.960. The number of piperazine rings is 1. The van der Waals surface area contributed by atoms with Gasteiger partial charge in [0.2, 0.25) is 5.91 Å². The minimum absolute atomic E-state index is 0.0164. The predicted molar refractivity (Wildman–Crippen MR) is 104 cm³/mol. The van der Waals surface area contributed by atoms with Gasteiger partial charge >= 0.3 is 0 Å². The van der Waals surface area contributed by atoms with E-state index in [2.05, 4.69) is 20.6 Å². The van der Waals surface area contributed by atoms with Crippen LogP contribution in [-0.2, 0) is 4.79 Å². The Kier molecular flexibility index (Phi) is 5.34. The van der Waals surface area contributed by atoms with Crippen molar-refractivity contribution in [3.8, 4) is 5.69 Å². The maximum atomic E-state index is 12.7. The fraction of sp³-hybridized carbons (Fsp3) is 0.316. The van der Waals surface area contributed by atoms with Crippen molar-refractivity contribution in [1.82, 2.24) is 29.7 Å². The smallest absolute Gasteiger partial charge is 0.253 e. The molecule has 0 radical (unpaired) electrons. The van der Waals surface area contributed by atoms with Crippen molar-refractivity contribution in [1.29, 1.82) is 0 Å². The van der Waals surface area contributed by atoms with E-state index in [4.69, 9.17) is 4.52 Å². The van der Waals surface area contributed by atoms with Gasteiger partial charge in [-0.2, -0.15) is 5.10 Å². The van der Waals surface area contributed by atoms with Gasteiger partial charge in [-0.1, -0.05) is 5.16 Å². The number of carbonyl (C=O) groups is 2. The van der Waals surface area contributed by atoms with Crippen LogP contribution in [0.2, 0.25) is 0 Å². The normalized spacial score (nSPS) is 14.7. The second kappa shape index (κ2) is 8.23. The van der Waals surface area contributed by atoms with Crippen LogP contribution in [0, 0.1) is 6.92 Å². The topological polar surface area (TPSA) is 109 Å². The molecule has 10 nitrogen and oxygen atoms in total. The van der Waals surface area contributed by atoms with Crippen molar-refractivity contribution in [2.24, 2.45) is 0 Å². The zero-order valence-electron chi connectivity index (χ0n) is 16.0. The molecule has 2 aromatic heterocycles. The highest BCUT2D eigenvalue weighted by atomic mass is 16.5. The minimum atomic E-state index is -0.151. The molecule has 29 heavy (non-hydrogen) atoms. The zero-order valence-corrected chi connectivity index (χ0v) is 16.0. The van der Waals surface area contributed by atoms with Gasteiger partial charge in [0.1, 0.15) is 18.4 Å². The molecular weight excluding hydrogens is 374 g/mol. The third-order valence-electron chi connectivity index (χ3n) is 4.72. The molecule has 3 aromatic rings. The first-order valence-corrected chi connectivity index (χ1v) is 9.28. The quantitative estimate of drug-likeness (QED) is 0.685. The van der Waals surface area contributed by atoms with Gasteiger partial charge in [0.15, 0.2) is 5.82 Å². The van der Waals surface area contributed by atoms with Crippen LogP contribution in [0.3, 0.4) is 0 Å². The Hall–Kier alpha value is -3.53. The number of nitrogens with zero attached hydrogens (tertiary/aromatic N) is 6. The van der Waals surface area contributed by atoms with E-state index >= 15 is 0 Å². The summed E-state index contributed by atoms with van der Waals surface area (Å²) in [5.74, 6) is 0.886. The summed E-state index contributed by atoms with van der Waals surface area (Å²) in [6.45, 7) is 4.42. The van der Waals surface area contributed by atoms with Gasteiger partial charge < -0.3 is 14.7 Å². The van der Waals surface area contributed by atoms with E-state index in [1.807, 2.05) is 17.0 Å². The molecule has 1 aromatic carbocycles. The van der Waals surface area contributed by atoms with Crippen LogP contribution in [-0.4, -0.2) is 74.3 Å². The van der Waals surface area contributed by atoms with Gasteiger partial charge in [-0.25, -0.2) is 9.67 Å². The van der Waals surface area contributed by atoms with Crippen LogP contribution in [0.4, 0.5) is 5.82 Å². The van der Waals surface area contributed by atoms with Gasteiger partial charge in [-0.3, -0.25) is 14.5 Å². The van der Waals surface area contributed by atoms with Gasteiger partial charge in [-0.15, -0.1) is 0 Å². The molecule has 0 spiro atoms. The van der Waals surface area contributed by atoms with E-state index in [0.717, 1.165) is 5.69 Å². The Labute approximate surface area is 167 Å². The average Bonchev–Trinajstić information content (AvgIpc) is 3.40. The number of amides is 2. The van der Waals surface area contributed by atoms with Crippen LogP contribution >= 0.6 is 0 Å². The molecule has 0 saturated carbocycles. The molecule has 0 bridgehead atoms. The summed E-state index contributed by atoms with van der Waals surface area (Å²) in [6.07, 6.45) is 3.07. The van der Waals surface area contributed by atoms with Crippen molar-refractivity contribution in [3.63, 3.8) is 0 Å². The number of anilines is 1. The first-order valence-electron chi connectivity index (χ1n) is 9.28. The molecule has 0 aliphatic carbocycles. The lowest BCUT2D eigenvalue weighted by Gasteiger charge is -2.34. The lowest BCUT2D eigenvalue weighted by molar-refractivity contribution is -0.117. The highest BCUT2D eigenvalue weighted by molar-refractivity contribution is 5.94. The summed E-state index contributed by atoms with van der Waals surface area (Å²) in [6, 6.07) is 8.93. The molecule has 0 atom stereocenters. The van der Waals surface area contributed by atoms with Crippen LogP contribution < -0.4 is 5.32 Å². The van der Waals surface area contributed by atoms with Crippen molar-refractivity contribution in [3.05, 3.63) is 54.3 Å². The average molecular weight is 395 g/mol. The third kappa shape index (κ3) is 4.49. The van der Waals surface area contributed by atoms with E-state index < -0.39 is 0 Å². The molecular formula is C19H21N7O3. The van der Waals surface area contributed by atoms with Gasteiger partial charge in [0.05, 0.1) is 12.2 Å². The van der Waals surface area contributed by atoms with E-state index in [9.17, 15) is 9.59 Å². The molecule has 2 amide bonds. The second-order valence-electron chi connectivity index (χ2n) is 6.83. The maximum Gasteiger partial charge on any atom is 0.253 e. The fourth-order valence-corrected chi connectivity index (χ4v) is 3.20. The monoisotopic (exact) mass is 395 g/mol. The highest BCUT2D eigenvalue weighted by Crippen LogP contribution is 2.13. The van der Waals surface area contributed by atoms with E-state index in [1.165, 1.54) is 6.33 Å². The Bertz CT molecular complexity index is 974. The van der Waals surface area contributed by atoms with Crippen molar-refractivity contribution in [2.45, 2.75) is 6.92 Å².